The standard InChI is InChI=1S/C27H23BrN2O5/c1-17-4-3-5-18(2)24(17)35-15-14-34-22-12-6-19(7-13-22)16-23-25(31)29-27(33)30(26(23)32)21-10-8-20(28)9-11-21/h3-13,16H,14-15H2,1-2H3,(H,29,31,33)/b23-16+. The van der Waals surface area contributed by atoms with Gasteiger partial charge in [0.1, 0.15) is 30.3 Å². The number of urea groups is 1. The lowest BCUT2D eigenvalue weighted by Gasteiger charge is -2.26. The molecule has 4 amide bonds. The molecule has 3 aromatic rings. The number of aryl methyl sites for hydroxylation is 2. The van der Waals surface area contributed by atoms with Crippen molar-refractivity contribution in [3.63, 3.8) is 0 Å². The molecule has 1 aliphatic rings. The third-order valence-electron chi connectivity index (χ3n) is 5.38. The average molecular weight is 535 g/mol. The van der Waals surface area contributed by atoms with E-state index in [9.17, 15) is 14.4 Å². The molecule has 8 heteroatoms. The first-order chi connectivity index (χ1) is 16.8. The third-order valence-corrected chi connectivity index (χ3v) is 5.91. The Hall–Kier alpha value is -3.91. The molecule has 0 atom stereocenters. The number of hydrogen-bond acceptors (Lipinski definition) is 5. The van der Waals surface area contributed by atoms with Gasteiger partial charge >= 0.3 is 6.03 Å². The van der Waals surface area contributed by atoms with Gasteiger partial charge < -0.3 is 9.47 Å². The summed E-state index contributed by atoms with van der Waals surface area (Å²) in [6.45, 7) is 4.76. The van der Waals surface area contributed by atoms with Gasteiger partial charge in [-0.3, -0.25) is 14.9 Å². The van der Waals surface area contributed by atoms with E-state index in [0.717, 1.165) is 26.2 Å². The maximum Gasteiger partial charge on any atom is 0.335 e. The zero-order chi connectivity index (χ0) is 24.9. The number of barbiturate groups is 1. The zero-order valence-electron chi connectivity index (χ0n) is 19.2. The molecule has 0 saturated carbocycles. The van der Waals surface area contributed by atoms with E-state index in [0.29, 0.717) is 30.2 Å². The van der Waals surface area contributed by atoms with E-state index in [1.165, 1.54) is 6.08 Å². The maximum absolute atomic E-state index is 13.0. The highest BCUT2D eigenvalue weighted by molar-refractivity contribution is 9.10. The molecule has 0 aliphatic carbocycles. The van der Waals surface area contributed by atoms with E-state index in [-0.39, 0.29) is 5.57 Å². The van der Waals surface area contributed by atoms with Crippen LogP contribution in [0.2, 0.25) is 0 Å². The molecule has 3 aromatic carbocycles. The second kappa shape index (κ2) is 10.6. The van der Waals surface area contributed by atoms with Crippen molar-refractivity contribution in [3.05, 3.63) is 93.5 Å². The van der Waals surface area contributed by atoms with Crippen molar-refractivity contribution in [1.82, 2.24) is 5.32 Å². The number of anilines is 1. The van der Waals surface area contributed by atoms with Crippen molar-refractivity contribution in [2.24, 2.45) is 0 Å². The van der Waals surface area contributed by atoms with E-state index in [2.05, 4.69) is 21.2 Å². The zero-order valence-corrected chi connectivity index (χ0v) is 20.8. The molecule has 0 bridgehead atoms. The van der Waals surface area contributed by atoms with Gasteiger partial charge in [-0.2, -0.15) is 0 Å². The number of nitrogens with one attached hydrogen (secondary N) is 1. The number of rotatable bonds is 7. The summed E-state index contributed by atoms with van der Waals surface area (Å²) in [6.07, 6.45) is 1.45. The minimum Gasteiger partial charge on any atom is -0.490 e. The Morgan fingerprint density at radius 2 is 1.49 bits per heavy atom. The van der Waals surface area contributed by atoms with Gasteiger partial charge in [0.2, 0.25) is 0 Å². The van der Waals surface area contributed by atoms with Crippen LogP contribution < -0.4 is 19.7 Å². The molecule has 0 unspecified atom stereocenters. The molecular formula is C27H23BrN2O5. The molecule has 1 saturated heterocycles. The fourth-order valence-electron chi connectivity index (χ4n) is 3.64. The summed E-state index contributed by atoms with van der Waals surface area (Å²) in [5.41, 5.74) is 2.99. The average Bonchev–Trinajstić information content (AvgIpc) is 2.83. The van der Waals surface area contributed by atoms with Crippen LogP contribution in [0.15, 0.2) is 76.8 Å². The van der Waals surface area contributed by atoms with E-state index in [1.54, 1.807) is 48.5 Å². The Kier molecular flexibility index (Phi) is 7.31. The minimum atomic E-state index is -0.786. The van der Waals surface area contributed by atoms with Crippen LogP contribution in [-0.4, -0.2) is 31.1 Å². The predicted octanol–water partition coefficient (Wildman–Crippen LogP) is 5.19. The van der Waals surface area contributed by atoms with Crippen molar-refractivity contribution in [3.8, 4) is 11.5 Å². The maximum atomic E-state index is 13.0. The number of nitrogens with zero attached hydrogens (tertiary/aromatic N) is 1. The molecule has 178 valence electrons. The first-order valence-corrected chi connectivity index (χ1v) is 11.7. The fraction of sp³-hybridized carbons (Fsp3) is 0.148. The van der Waals surface area contributed by atoms with Crippen LogP contribution in [0.4, 0.5) is 10.5 Å². The smallest absolute Gasteiger partial charge is 0.335 e. The highest BCUT2D eigenvalue weighted by Crippen LogP contribution is 2.25. The number of ether oxygens (including phenoxy) is 2. The Labute approximate surface area is 211 Å². The van der Waals surface area contributed by atoms with Crippen molar-refractivity contribution in [2.45, 2.75) is 13.8 Å². The number of para-hydroxylation sites is 1. The molecule has 1 fully saturated rings. The quantitative estimate of drug-likeness (QED) is 0.256. The van der Waals surface area contributed by atoms with Crippen LogP contribution >= 0.6 is 15.9 Å². The van der Waals surface area contributed by atoms with E-state index in [4.69, 9.17) is 9.47 Å². The van der Waals surface area contributed by atoms with E-state index >= 15 is 0 Å². The second-order valence-electron chi connectivity index (χ2n) is 7.92. The topological polar surface area (TPSA) is 84.9 Å². The molecule has 0 aromatic heterocycles. The van der Waals surface area contributed by atoms with Crippen LogP contribution in [0.5, 0.6) is 11.5 Å². The summed E-state index contributed by atoms with van der Waals surface area (Å²) in [5.74, 6) is 0.0647. The van der Waals surface area contributed by atoms with Gasteiger partial charge in [0.05, 0.1) is 5.69 Å². The molecular weight excluding hydrogens is 512 g/mol. The van der Waals surface area contributed by atoms with Gasteiger partial charge in [0.25, 0.3) is 11.8 Å². The van der Waals surface area contributed by atoms with Crippen molar-refractivity contribution in [2.75, 3.05) is 18.1 Å². The normalized spacial score (nSPS) is 14.8. The van der Waals surface area contributed by atoms with Gasteiger partial charge in [0, 0.05) is 4.47 Å². The van der Waals surface area contributed by atoms with Crippen LogP contribution in [0.25, 0.3) is 6.08 Å². The van der Waals surface area contributed by atoms with Crippen LogP contribution in [-0.2, 0) is 9.59 Å². The Balaban J connectivity index is 1.41. The van der Waals surface area contributed by atoms with Gasteiger partial charge in [-0.15, -0.1) is 0 Å². The molecule has 4 rings (SSSR count). The van der Waals surface area contributed by atoms with Crippen molar-refractivity contribution < 1.29 is 23.9 Å². The summed E-state index contributed by atoms with van der Waals surface area (Å²) >= 11 is 3.32. The third kappa shape index (κ3) is 5.60. The van der Waals surface area contributed by atoms with E-state index < -0.39 is 17.8 Å². The summed E-state index contributed by atoms with van der Waals surface area (Å²) in [6, 6.07) is 18.8. The Morgan fingerprint density at radius 1 is 0.857 bits per heavy atom. The summed E-state index contributed by atoms with van der Waals surface area (Å²) in [5, 5.41) is 2.22. The molecule has 1 heterocycles. The Morgan fingerprint density at radius 3 is 2.14 bits per heavy atom. The second-order valence-corrected chi connectivity index (χ2v) is 8.84. The SMILES string of the molecule is Cc1cccc(C)c1OCCOc1ccc(/C=C2\C(=O)NC(=O)N(c3ccc(Br)cc3)C2=O)cc1. The van der Waals surface area contributed by atoms with Crippen molar-refractivity contribution >= 4 is 45.5 Å². The lowest BCUT2D eigenvalue weighted by atomic mass is 10.1. The largest absolute Gasteiger partial charge is 0.490 e. The van der Waals surface area contributed by atoms with Crippen molar-refractivity contribution in [1.29, 1.82) is 0 Å². The van der Waals surface area contributed by atoms with Crippen LogP contribution in [0.3, 0.4) is 0 Å². The molecule has 7 nitrogen and oxygen atoms in total. The lowest BCUT2D eigenvalue weighted by Crippen LogP contribution is -2.54. The number of amides is 4. The highest BCUT2D eigenvalue weighted by atomic mass is 79.9. The fourth-order valence-corrected chi connectivity index (χ4v) is 3.90. The molecule has 1 N–H and O–H groups in total. The van der Waals surface area contributed by atoms with Gasteiger partial charge in [0.15, 0.2) is 0 Å². The highest BCUT2D eigenvalue weighted by Gasteiger charge is 2.36. The monoisotopic (exact) mass is 534 g/mol. The summed E-state index contributed by atoms with van der Waals surface area (Å²) < 4.78 is 12.4. The van der Waals surface area contributed by atoms with E-state index in [1.807, 2.05) is 32.0 Å². The first-order valence-electron chi connectivity index (χ1n) is 10.9. The minimum absolute atomic E-state index is 0.136. The number of halogens is 1. The number of benzene rings is 3. The lowest BCUT2D eigenvalue weighted by molar-refractivity contribution is -0.122. The molecule has 35 heavy (non-hydrogen) atoms. The van der Waals surface area contributed by atoms with Crippen LogP contribution in [0.1, 0.15) is 16.7 Å². The number of hydrogen-bond donors (Lipinski definition) is 1. The molecule has 0 spiro atoms. The number of carbonyl (C=O) groups excluding carboxylic acids is 3. The summed E-state index contributed by atoms with van der Waals surface area (Å²) in [4.78, 5) is 38.6. The molecule has 0 radical (unpaired) electrons. The molecule has 1 aliphatic heterocycles. The predicted molar refractivity (Wildman–Crippen MR) is 136 cm³/mol. The Bertz CT molecular complexity index is 1280. The first kappa shape index (κ1) is 24.2. The number of imide groups is 2. The summed E-state index contributed by atoms with van der Waals surface area (Å²) in [7, 11) is 0. The number of carbonyl (C=O) groups is 3. The van der Waals surface area contributed by atoms with Gasteiger partial charge in [-0.25, -0.2) is 9.69 Å². The van der Waals surface area contributed by atoms with Gasteiger partial charge in [-0.1, -0.05) is 46.3 Å². The van der Waals surface area contributed by atoms with Crippen LogP contribution in [0, 0.1) is 13.8 Å². The van der Waals surface area contributed by atoms with Gasteiger partial charge in [-0.05, 0) is 73.0 Å².